The minimum atomic E-state index is 0.0908. The lowest BCUT2D eigenvalue weighted by atomic mass is 9.99. The zero-order chi connectivity index (χ0) is 14.4. The number of carbonyl (C=O) groups is 1. The van der Waals surface area contributed by atoms with Gasteiger partial charge in [-0.15, -0.1) is 0 Å². The van der Waals surface area contributed by atoms with Gasteiger partial charge in [-0.3, -0.25) is 4.79 Å². The normalized spacial score (nSPS) is 15.9. The van der Waals surface area contributed by atoms with Crippen molar-refractivity contribution in [3.63, 3.8) is 0 Å². The summed E-state index contributed by atoms with van der Waals surface area (Å²) in [7, 11) is 1.89. The number of hydrogen-bond donors (Lipinski definition) is 1. The van der Waals surface area contributed by atoms with E-state index in [2.05, 4.69) is 5.32 Å². The third-order valence-corrected chi connectivity index (χ3v) is 3.74. The Kier molecular flexibility index (Phi) is 5.41. The van der Waals surface area contributed by atoms with Crippen LogP contribution < -0.4 is 5.32 Å². The Morgan fingerprint density at radius 2 is 2.05 bits per heavy atom. The van der Waals surface area contributed by atoms with Crippen LogP contribution >= 0.6 is 0 Å². The van der Waals surface area contributed by atoms with Gasteiger partial charge in [0.15, 0.2) is 0 Å². The Bertz CT molecular complexity index is 442. The molecule has 4 nitrogen and oxygen atoms in total. The average Bonchev–Trinajstić information content (AvgIpc) is 2.48. The van der Waals surface area contributed by atoms with Crippen LogP contribution in [0.5, 0.6) is 0 Å². The van der Waals surface area contributed by atoms with Crippen LogP contribution in [0.1, 0.15) is 30.1 Å². The largest absolute Gasteiger partial charge is 0.385 e. The van der Waals surface area contributed by atoms with Gasteiger partial charge < -0.3 is 15.0 Å². The van der Waals surface area contributed by atoms with E-state index in [-0.39, 0.29) is 5.91 Å². The van der Waals surface area contributed by atoms with E-state index in [1.54, 1.807) is 0 Å². The molecule has 0 radical (unpaired) electrons. The first-order valence-electron chi connectivity index (χ1n) is 7.38. The zero-order valence-electron chi connectivity index (χ0n) is 12.4. The van der Waals surface area contributed by atoms with Crippen LogP contribution in [0.25, 0.3) is 0 Å². The van der Waals surface area contributed by atoms with Crippen LogP contribution in [-0.4, -0.2) is 44.2 Å². The van der Waals surface area contributed by atoms with Crippen molar-refractivity contribution in [3.8, 4) is 0 Å². The van der Waals surface area contributed by atoms with E-state index in [1.807, 2.05) is 43.1 Å². The summed E-state index contributed by atoms with van der Waals surface area (Å²) in [6, 6.07) is 7.71. The molecule has 0 unspecified atom stereocenters. The Hall–Kier alpha value is -1.55. The molecule has 1 saturated heterocycles. The van der Waals surface area contributed by atoms with Crippen LogP contribution in [-0.2, 0) is 4.74 Å². The molecule has 1 aliphatic heterocycles. The van der Waals surface area contributed by atoms with E-state index >= 15 is 0 Å². The lowest BCUT2D eigenvalue weighted by Crippen LogP contribution is -2.34. The molecule has 20 heavy (non-hydrogen) atoms. The first kappa shape index (κ1) is 14.9. The van der Waals surface area contributed by atoms with Crippen LogP contribution in [0.15, 0.2) is 24.3 Å². The summed E-state index contributed by atoms with van der Waals surface area (Å²) < 4.78 is 5.36. The number of benzene rings is 1. The molecule has 1 aliphatic rings. The number of rotatable bonds is 5. The number of hydrogen-bond acceptors (Lipinski definition) is 3. The molecule has 1 fully saturated rings. The monoisotopic (exact) mass is 276 g/mol. The zero-order valence-corrected chi connectivity index (χ0v) is 12.4. The van der Waals surface area contributed by atoms with Gasteiger partial charge in [-0.1, -0.05) is 12.1 Å². The molecule has 1 heterocycles. The Morgan fingerprint density at radius 3 is 2.75 bits per heavy atom. The summed E-state index contributed by atoms with van der Waals surface area (Å²) in [6.07, 6.45) is 2.10. The molecule has 110 valence electrons. The fourth-order valence-electron chi connectivity index (χ4n) is 2.62. The lowest BCUT2D eigenvalue weighted by molar-refractivity contribution is 0.0497. The van der Waals surface area contributed by atoms with E-state index in [0.717, 1.165) is 50.4 Å². The van der Waals surface area contributed by atoms with Crippen LogP contribution in [0, 0.1) is 5.92 Å². The van der Waals surface area contributed by atoms with Crippen LogP contribution in [0.4, 0.5) is 5.69 Å². The van der Waals surface area contributed by atoms with Gasteiger partial charge in [-0.05, 0) is 37.8 Å². The first-order chi connectivity index (χ1) is 9.72. The number of nitrogens with one attached hydrogen (secondary N) is 1. The molecule has 1 N–H and O–H groups in total. The molecule has 0 atom stereocenters. The van der Waals surface area contributed by atoms with Gasteiger partial charge in [0.05, 0.1) is 5.56 Å². The van der Waals surface area contributed by atoms with Crippen molar-refractivity contribution in [1.29, 1.82) is 0 Å². The molecule has 0 bridgehead atoms. The predicted octanol–water partition coefficient (Wildman–Crippen LogP) is 2.62. The summed E-state index contributed by atoms with van der Waals surface area (Å²) in [4.78, 5) is 14.4. The molecular formula is C16H24N2O2. The maximum absolute atomic E-state index is 12.6. The van der Waals surface area contributed by atoms with Crippen molar-refractivity contribution in [2.24, 2.45) is 5.92 Å². The smallest absolute Gasteiger partial charge is 0.255 e. The Morgan fingerprint density at radius 1 is 1.35 bits per heavy atom. The first-order valence-corrected chi connectivity index (χ1v) is 7.38. The Labute approximate surface area is 121 Å². The van der Waals surface area contributed by atoms with E-state index < -0.39 is 0 Å². The van der Waals surface area contributed by atoms with Crippen molar-refractivity contribution in [2.75, 3.05) is 38.7 Å². The van der Waals surface area contributed by atoms with Gasteiger partial charge in [0.2, 0.25) is 0 Å². The van der Waals surface area contributed by atoms with E-state index in [9.17, 15) is 4.79 Å². The van der Waals surface area contributed by atoms with Gasteiger partial charge in [0.1, 0.15) is 0 Å². The number of ether oxygens (including phenoxy) is 1. The molecule has 4 heteroatoms. The van der Waals surface area contributed by atoms with E-state index in [4.69, 9.17) is 4.74 Å². The number of carbonyl (C=O) groups excluding carboxylic acids is 1. The molecule has 1 aromatic rings. The summed E-state index contributed by atoms with van der Waals surface area (Å²) in [5.74, 6) is 0.650. The second-order valence-electron chi connectivity index (χ2n) is 5.32. The second-order valence-corrected chi connectivity index (χ2v) is 5.32. The minimum absolute atomic E-state index is 0.0908. The SMILES string of the molecule is CCNc1ccccc1C(=O)N(C)CC1CCOCC1. The highest BCUT2D eigenvalue weighted by Gasteiger charge is 2.20. The number of anilines is 1. The Balaban J connectivity index is 2.02. The third kappa shape index (κ3) is 3.73. The predicted molar refractivity (Wildman–Crippen MR) is 81.1 cm³/mol. The molecule has 0 spiro atoms. The number of para-hydroxylation sites is 1. The maximum atomic E-state index is 12.6. The number of amides is 1. The van der Waals surface area contributed by atoms with Crippen LogP contribution in [0.2, 0.25) is 0 Å². The summed E-state index contributed by atoms with van der Waals surface area (Å²) in [5, 5.41) is 3.25. The van der Waals surface area contributed by atoms with Gasteiger partial charge in [0, 0.05) is 39.0 Å². The van der Waals surface area contributed by atoms with Gasteiger partial charge in [-0.25, -0.2) is 0 Å². The van der Waals surface area contributed by atoms with Crippen molar-refractivity contribution in [2.45, 2.75) is 19.8 Å². The fraction of sp³-hybridized carbons (Fsp3) is 0.562. The summed E-state index contributed by atoms with van der Waals surface area (Å²) in [6.45, 7) is 5.30. The summed E-state index contributed by atoms with van der Waals surface area (Å²) >= 11 is 0. The van der Waals surface area contributed by atoms with Crippen molar-refractivity contribution >= 4 is 11.6 Å². The molecule has 2 rings (SSSR count). The van der Waals surface area contributed by atoms with Crippen LogP contribution in [0.3, 0.4) is 0 Å². The fourth-order valence-corrected chi connectivity index (χ4v) is 2.62. The molecule has 0 aromatic heterocycles. The second kappa shape index (κ2) is 7.29. The molecular weight excluding hydrogens is 252 g/mol. The highest BCUT2D eigenvalue weighted by atomic mass is 16.5. The van der Waals surface area contributed by atoms with Crippen molar-refractivity contribution in [3.05, 3.63) is 29.8 Å². The van der Waals surface area contributed by atoms with E-state index in [1.165, 1.54) is 0 Å². The topological polar surface area (TPSA) is 41.6 Å². The minimum Gasteiger partial charge on any atom is -0.385 e. The van der Waals surface area contributed by atoms with Gasteiger partial charge in [-0.2, -0.15) is 0 Å². The average molecular weight is 276 g/mol. The van der Waals surface area contributed by atoms with Gasteiger partial charge >= 0.3 is 0 Å². The molecule has 1 amide bonds. The third-order valence-electron chi connectivity index (χ3n) is 3.74. The molecule has 0 aliphatic carbocycles. The molecule has 1 aromatic carbocycles. The standard InChI is InChI=1S/C16H24N2O2/c1-3-17-15-7-5-4-6-14(15)16(19)18(2)12-13-8-10-20-11-9-13/h4-7,13,17H,3,8-12H2,1-2H3. The van der Waals surface area contributed by atoms with E-state index in [0.29, 0.717) is 5.92 Å². The molecule has 0 saturated carbocycles. The highest BCUT2D eigenvalue weighted by molar-refractivity contribution is 5.99. The number of nitrogens with zero attached hydrogens (tertiary/aromatic N) is 1. The summed E-state index contributed by atoms with van der Waals surface area (Å²) in [5.41, 5.74) is 1.67. The quantitative estimate of drug-likeness (QED) is 0.899. The highest BCUT2D eigenvalue weighted by Crippen LogP contribution is 2.20. The van der Waals surface area contributed by atoms with Crippen molar-refractivity contribution in [1.82, 2.24) is 4.90 Å². The van der Waals surface area contributed by atoms with Gasteiger partial charge in [0.25, 0.3) is 5.91 Å². The van der Waals surface area contributed by atoms with Crippen molar-refractivity contribution < 1.29 is 9.53 Å². The lowest BCUT2D eigenvalue weighted by Gasteiger charge is -2.27. The maximum Gasteiger partial charge on any atom is 0.255 e.